The van der Waals surface area contributed by atoms with Gasteiger partial charge in [0.15, 0.2) is 12.4 Å². The smallest absolute Gasteiger partial charge is 0.326 e. The van der Waals surface area contributed by atoms with Crippen LogP contribution in [0.2, 0.25) is 0 Å². The molecule has 3 fully saturated rings. The standard InChI is InChI=1S/C28H25NO6/c30-23(17-6-8-18(9-7-17)34-14-16-4-2-1-3-5-16)15-35-24(31)13-29-27(32)25-19-10-11-20(22-12-21(19)22)26(25)28(29)33/h1-11,19-22,25-26H,12-15H2/t19-,20-,21-,22+,25+,26+/m0/s1. The molecular weight excluding hydrogens is 446 g/mol. The number of ether oxygens (including phenoxy) is 2. The molecule has 1 heterocycles. The molecule has 2 bridgehead atoms. The third-order valence-corrected chi connectivity index (χ3v) is 7.83. The Hall–Kier alpha value is -3.74. The summed E-state index contributed by atoms with van der Waals surface area (Å²) in [5, 5.41) is 0. The number of likely N-dealkylation sites (tertiary alicyclic amines) is 1. The van der Waals surface area contributed by atoms with Crippen LogP contribution in [0.5, 0.6) is 5.75 Å². The van der Waals surface area contributed by atoms with E-state index in [9.17, 15) is 19.2 Å². The summed E-state index contributed by atoms with van der Waals surface area (Å²) in [5.74, 6) is -0.548. The molecule has 0 N–H and O–H groups in total. The number of carbonyl (C=O) groups excluding carboxylic acids is 4. The zero-order chi connectivity index (χ0) is 24.1. The average molecular weight is 472 g/mol. The van der Waals surface area contributed by atoms with Crippen LogP contribution in [0.15, 0.2) is 66.7 Å². The lowest BCUT2D eigenvalue weighted by molar-refractivity contribution is -0.152. The van der Waals surface area contributed by atoms with E-state index in [0.717, 1.165) is 16.9 Å². The van der Waals surface area contributed by atoms with Gasteiger partial charge in [0.05, 0.1) is 11.8 Å². The maximum atomic E-state index is 13.0. The number of amides is 2. The first kappa shape index (κ1) is 21.8. The summed E-state index contributed by atoms with van der Waals surface area (Å²) in [6, 6.07) is 16.3. The summed E-state index contributed by atoms with van der Waals surface area (Å²) in [7, 11) is 0. The molecule has 0 unspecified atom stereocenters. The fourth-order valence-corrected chi connectivity index (χ4v) is 6.06. The van der Waals surface area contributed by atoms with Crippen LogP contribution in [-0.2, 0) is 25.7 Å². The van der Waals surface area contributed by atoms with Gasteiger partial charge in [-0.3, -0.25) is 24.1 Å². The number of hydrogen-bond acceptors (Lipinski definition) is 6. The van der Waals surface area contributed by atoms with E-state index < -0.39 is 19.1 Å². The highest BCUT2D eigenvalue weighted by Crippen LogP contribution is 2.65. The molecule has 2 saturated carbocycles. The Morgan fingerprint density at radius 2 is 1.49 bits per heavy atom. The van der Waals surface area contributed by atoms with Crippen molar-refractivity contribution in [3.63, 3.8) is 0 Å². The van der Waals surface area contributed by atoms with Crippen molar-refractivity contribution in [3.05, 3.63) is 77.9 Å². The molecule has 0 spiro atoms. The Bertz CT molecular complexity index is 1180. The topological polar surface area (TPSA) is 90.0 Å². The van der Waals surface area contributed by atoms with Gasteiger partial charge in [-0.1, -0.05) is 42.5 Å². The van der Waals surface area contributed by atoms with Gasteiger partial charge in [-0.15, -0.1) is 0 Å². The molecule has 1 aliphatic heterocycles. The lowest BCUT2D eigenvalue weighted by Crippen LogP contribution is -2.40. The highest BCUT2D eigenvalue weighted by atomic mass is 16.5. The van der Waals surface area contributed by atoms with E-state index in [4.69, 9.17) is 9.47 Å². The van der Waals surface area contributed by atoms with Crippen molar-refractivity contribution in [1.82, 2.24) is 4.90 Å². The highest BCUT2D eigenvalue weighted by Gasteiger charge is 2.67. The Kier molecular flexibility index (Phi) is 5.28. The van der Waals surface area contributed by atoms with Crippen LogP contribution in [0.1, 0.15) is 22.3 Å². The number of esters is 1. The number of benzene rings is 2. The molecule has 1 saturated heterocycles. The molecule has 5 aliphatic rings. The molecule has 6 atom stereocenters. The molecule has 4 aliphatic carbocycles. The number of rotatable bonds is 8. The molecule has 35 heavy (non-hydrogen) atoms. The van der Waals surface area contributed by atoms with Gasteiger partial charge < -0.3 is 9.47 Å². The fourth-order valence-electron chi connectivity index (χ4n) is 6.06. The van der Waals surface area contributed by atoms with Gasteiger partial charge in [-0.2, -0.15) is 0 Å². The molecule has 0 radical (unpaired) electrons. The first-order chi connectivity index (χ1) is 17.0. The lowest BCUT2D eigenvalue weighted by Gasteiger charge is -2.37. The van der Waals surface area contributed by atoms with Gasteiger partial charge in [-0.05, 0) is 59.9 Å². The first-order valence-electron chi connectivity index (χ1n) is 12.0. The average Bonchev–Trinajstić information content (AvgIpc) is 3.68. The second-order valence-corrected chi connectivity index (χ2v) is 9.80. The minimum Gasteiger partial charge on any atom is -0.489 e. The summed E-state index contributed by atoms with van der Waals surface area (Å²) >= 11 is 0. The maximum Gasteiger partial charge on any atom is 0.326 e. The monoisotopic (exact) mass is 471 g/mol. The zero-order valence-corrected chi connectivity index (χ0v) is 19.0. The van der Waals surface area contributed by atoms with Gasteiger partial charge in [0.2, 0.25) is 11.8 Å². The summed E-state index contributed by atoms with van der Waals surface area (Å²) in [4.78, 5) is 51.8. The molecule has 7 heteroatoms. The Balaban J connectivity index is 1.01. The van der Waals surface area contributed by atoms with E-state index in [1.807, 2.05) is 30.3 Å². The van der Waals surface area contributed by atoms with Crippen molar-refractivity contribution in [3.8, 4) is 5.75 Å². The van der Waals surface area contributed by atoms with Gasteiger partial charge in [0.1, 0.15) is 18.9 Å². The van der Waals surface area contributed by atoms with E-state index >= 15 is 0 Å². The quantitative estimate of drug-likeness (QED) is 0.254. The Morgan fingerprint density at radius 1 is 0.857 bits per heavy atom. The third kappa shape index (κ3) is 3.85. The van der Waals surface area contributed by atoms with Crippen molar-refractivity contribution >= 4 is 23.6 Å². The van der Waals surface area contributed by atoms with Crippen LogP contribution in [0.3, 0.4) is 0 Å². The van der Waals surface area contributed by atoms with E-state index in [1.165, 1.54) is 0 Å². The molecule has 0 aromatic heterocycles. The van der Waals surface area contributed by atoms with Crippen LogP contribution in [0.25, 0.3) is 0 Å². The summed E-state index contributed by atoms with van der Waals surface area (Å²) in [6.07, 6.45) is 5.26. The molecule has 178 valence electrons. The maximum absolute atomic E-state index is 13.0. The SMILES string of the molecule is O=C(CN1C(=O)[C@@H]2[C@H]3C=C[C@@H]([C@@H]4C[C@H]34)[C@H]2C1=O)OCC(=O)c1ccc(OCc2ccccc2)cc1. The number of Topliss-reactive ketones (excluding diaryl/α,β-unsaturated/α-hetero) is 1. The number of carbonyl (C=O) groups is 4. The minimum atomic E-state index is -0.757. The summed E-state index contributed by atoms with van der Waals surface area (Å²) < 4.78 is 10.8. The van der Waals surface area contributed by atoms with Gasteiger partial charge in [-0.25, -0.2) is 0 Å². The molecule has 2 aromatic carbocycles. The van der Waals surface area contributed by atoms with E-state index in [0.29, 0.717) is 29.8 Å². The number of allylic oxidation sites excluding steroid dienone is 2. The van der Waals surface area contributed by atoms with Crippen LogP contribution >= 0.6 is 0 Å². The third-order valence-electron chi connectivity index (χ3n) is 7.83. The normalized spacial score (nSPS) is 29.5. The van der Waals surface area contributed by atoms with Gasteiger partial charge >= 0.3 is 5.97 Å². The minimum absolute atomic E-state index is 0.105. The highest BCUT2D eigenvalue weighted by molar-refractivity contribution is 6.08. The van der Waals surface area contributed by atoms with Crippen molar-refractivity contribution in [1.29, 1.82) is 0 Å². The second kappa shape index (κ2) is 8.48. The largest absolute Gasteiger partial charge is 0.489 e. The summed E-state index contributed by atoms with van der Waals surface area (Å²) in [6.45, 7) is -0.484. The number of imide groups is 1. The zero-order valence-electron chi connectivity index (χ0n) is 19.0. The van der Waals surface area contributed by atoms with Crippen molar-refractivity contribution in [2.45, 2.75) is 13.0 Å². The fraction of sp³-hybridized carbons (Fsp3) is 0.357. The van der Waals surface area contributed by atoms with Crippen molar-refractivity contribution < 1.29 is 28.7 Å². The van der Waals surface area contributed by atoms with Crippen LogP contribution in [0, 0.1) is 35.5 Å². The van der Waals surface area contributed by atoms with Crippen molar-refractivity contribution in [2.24, 2.45) is 35.5 Å². The second-order valence-electron chi connectivity index (χ2n) is 9.80. The van der Waals surface area contributed by atoms with Gasteiger partial charge in [0.25, 0.3) is 0 Å². The van der Waals surface area contributed by atoms with E-state index in [-0.39, 0.29) is 41.3 Å². The van der Waals surface area contributed by atoms with Crippen LogP contribution in [-0.4, -0.2) is 41.6 Å². The molecule has 2 amide bonds. The number of nitrogens with zero attached hydrogens (tertiary/aromatic N) is 1. The first-order valence-corrected chi connectivity index (χ1v) is 12.0. The predicted octanol–water partition coefficient (Wildman–Crippen LogP) is 3.04. The van der Waals surface area contributed by atoms with Gasteiger partial charge in [0, 0.05) is 5.56 Å². The molecular formula is C28H25NO6. The van der Waals surface area contributed by atoms with Crippen LogP contribution < -0.4 is 4.74 Å². The number of ketones is 1. The van der Waals surface area contributed by atoms with E-state index in [1.54, 1.807) is 24.3 Å². The predicted molar refractivity (Wildman–Crippen MR) is 124 cm³/mol. The molecule has 7 nitrogen and oxygen atoms in total. The van der Waals surface area contributed by atoms with E-state index in [2.05, 4.69) is 12.2 Å². The number of hydrogen-bond donors (Lipinski definition) is 0. The lowest BCUT2D eigenvalue weighted by atomic mass is 9.63. The molecule has 7 rings (SSSR count). The Morgan fingerprint density at radius 3 is 2.11 bits per heavy atom. The summed E-state index contributed by atoms with van der Waals surface area (Å²) in [5.41, 5.74) is 1.42. The van der Waals surface area contributed by atoms with Crippen LogP contribution in [0.4, 0.5) is 0 Å². The Labute approximate surface area is 202 Å². The van der Waals surface area contributed by atoms with Crippen molar-refractivity contribution in [2.75, 3.05) is 13.2 Å². The molecule has 2 aromatic rings.